The van der Waals surface area contributed by atoms with Gasteiger partial charge < -0.3 is 25.8 Å². The number of hydrogen-bond acceptors (Lipinski definition) is 6. The Bertz CT molecular complexity index is 760. The largest absolute Gasteiger partial charge is 0.446 e. The second-order valence-corrected chi connectivity index (χ2v) is 8.91. The van der Waals surface area contributed by atoms with E-state index in [1.54, 1.807) is 23.6 Å². The molecule has 0 saturated carbocycles. The number of ether oxygens (including phenoxy) is 1. The van der Waals surface area contributed by atoms with Crippen LogP contribution in [-0.4, -0.2) is 61.0 Å². The molecule has 4 N–H and O–H groups in total. The normalized spacial score (nSPS) is 17.7. The highest BCUT2D eigenvalue weighted by Crippen LogP contribution is 2.38. The summed E-state index contributed by atoms with van der Waals surface area (Å²) in [4.78, 5) is 28.3. The zero-order valence-electron chi connectivity index (χ0n) is 18.9. The van der Waals surface area contributed by atoms with Crippen LogP contribution in [0.4, 0.5) is 16.2 Å². The van der Waals surface area contributed by atoms with Crippen LogP contribution in [0.5, 0.6) is 0 Å². The maximum absolute atomic E-state index is 12.8. The van der Waals surface area contributed by atoms with E-state index in [9.17, 15) is 14.7 Å². The molecule has 1 aliphatic rings. The van der Waals surface area contributed by atoms with E-state index in [-0.39, 0.29) is 24.0 Å². The number of rotatable bonds is 7. The van der Waals surface area contributed by atoms with E-state index in [0.717, 1.165) is 5.56 Å². The Labute approximate surface area is 179 Å². The number of carbonyl (C=O) groups excluding carboxylic acids is 2. The van der Waals surface area contributed by atoms with Gasteiger partial charge in [-0.05, 0) is 52.3 Å². The van der Waals surface area contributed by atoms with Crippen LogP contribution in [0, 0.1) is 0 Å². The Morgan fingerprint density at radius 2 is 2.00 bits per heavy atom. The molecule has 0 spiro atoms. The lowest BCUT2D eigenvalue weighted by Gasteiger charge is -2.40. The summed E-state index contributed by atoms with van der Waals surface area (Å²) in [5, 5.41) is 13.2. The Hall–Kier alpha value is -2.16. The van der Waals surface area contributed by atoms with E-state index < -0.39 is 11.7 Å². The Morgan fingerprint density at radius 3 is 2.53 bits per heavy atom. The molecule has 0 fully saturated rings. The zero-order valence-corrected chi connectivity index (χ0v) is 18.9. The molecule has 2 atom stereocenters. The SMILES string of the molecule is CC(=O)N1c2ccc(C(CN)CNCC(C)(C)O)cc2N(C(=O)OC(C)C)C[C@@H]1C. The Balaban J connectivity index is 2.39. The first kappa shape index (κ1) is 24.1. The molecule has 1 aromatic carbocycles. The van der Waals surface area contributed by atoms with Gasteiger partial charge in [0.05, 0.1) is 29.1 Å². The van der Waals surface area contributed by atoms with Gasteiger partial charge in [0.15, 0.2) is 0 Å². The van der Waals surface area contributed by atoms with E-state index in [1.807, 2.05) is 39.0 Å². The number of carbonyl (C=O) groups is 2. The average Bonchev–Trinajstić information content (AvgIpc) is 2.62. The number of nitrogens with two attached hydrogens (primary N) is 1. The number of anilines is 2. The fourth-order valence-electron chi connectivity index (χ4n) is 3.70. The van der Waals surface area contributed by atoms with Gasteiger partial charge in [-0.2, -0.15) is 0 Å². The van der Waals surface area contributed by atoms with E-state index in [1.165, 1.54) is 6.92 Å². The minimum atomic E-state index is -0.815. The molecule has 2 rings (SSSR count). The van der Waals surface area contributed by atoms with Crippen LogP contribution < -0.4 is 20.9 Å². The molecule has 1 aromatic rings. The van der Waals surface area contributed by atoms with Crippen molar-refractivity contribution in [1.29, 1.82) is 0 Å². The van der Waals surface area contributed by atoms with Crippen LogP contribution in [0.3, 0.4) is 0 Å². The predicted molar refractivity (Wildman–Crippen MR) is 119 cm³/mol. The third kappa shape index (κ3) is 5.93. The number of benzene rings is 1. The second kappa shape index (κ2) is 9.76. The summed E-state index contributed by atoms with van der Waals surface area (Å²) in [6.45, 7) is 12.3. The Kier molecular flexibility index (Phi) is 7.85. The van der Waals surface area contributed by atoms with Gasteiger partial charge >= 0.3 is 6.09 Å². The van der Waals surface area contributed by atoms with Crippen LogP contribution >= 0.6 is 0 Å². The predicted octanol–water partition coefficient (Wildman–Crippen LogP) is 2.20. The summed E-state index contributed by atoms with van der Waals surface area (Å²) in [6, 6.07) is 5.57. The molecule has 0 aliphatic carbocycles. The highest BCUT2D eigenvalue weighted by atomic mass is 16.6. The van der Waals surface area contributed by atoms with Crippen molar-refractivity contribution < 1.29 is 19.4 Å². The van der Waals surface area contributed by atoms with Crippen molar-refractivity contribution >= 4 is 23.4 Å². The van der Waals surface area contributed by atoms with Crippen molar-refractivity contribution in [3.63, 3.8) is 0 Å². The number of amides is 2. The van der Waals surface area contributed by atoms with Crippen molar-refractivity contribution in [2.24, 2.45) is 5.73 Å². The summed E-state index contributed by atoms with van der Waals surface area (Å²) in [6.07, 6.45) is -0.670. The highest BCUT2D eigenvalue weighted by Gasteiger charge is 2.35. The number of aliphatic hydroxyl groups is 1. The number of hydrogen-bond donors (Lipinski definition) is 3. The lowest BCUT2D eigenvalue weighted by molar-refractivity contribution is -0.117. The first-order valence-electron chi connectivity index (χ1n) is 10.5. The van der Waals surface area contributed by atoms with Gasteiger partial charge in [0.2, 0.25) is 5.91 Å². The van der Waals surface area contributed by atoms with Gasteiger partial charge in [0.1, 0.15) is 0 Å². The average molecular weight is 421 g/mol. The molecule has 2 amide bonds. The van der Waals surface area contributed by atoms with E-state index >= 15 is 0 Å². The summed E-state index contributed by atoms with van der Waals surface area (Å²) < 4.78 is 5.44. The van der Waals surface area contributed by atoms with E-state index in [4.69, 9.17) is 10.5 Å². The first-order valence-corrected chi connectivity index (χ1v) is 10.5. The minimum Gasteiger partial charge on any atom is -0.446 e. The van der Waals surface area contributed by atoms with Crippen LogP contribution in [0.25, 0.3) is 0 Å². The topological polar surface area (TPSA) is 108 Å². The standard InChI is InChI=1S/C22H36N4O4/c1-14(2)30-21(28)25-12-15(3)26(16(4)27)19-8-7-17(9-20(19)25)18(10-23)11-24-13-22(5,6)29/h7-9,14-15,18,24,29H,10-13,23H2,1-6H3/t15-,18?/m0/s1. The molecule has 8 nitrogen and oxygen atoms in total. The van der Waals surface area contributed by atoms with Crippen LogP contribution in [0.2, 0.25) is 0 Å². The number of nitrogens with one attached hydrogen (secondary N) is 1. The lowest BCUT2D eigenvalue weighted by Crippen LogP contribution is -2.51. The van der Waals surface area contributed by atoms with Gasteiger partial charge in [-0.25, -0.2) is 4.79 Å². The summed E-state index contributed by atoms with van der Waals surface area (Å²) in [7, 11) is 0. The quantitative estimate of drug-likeness (QED) is 0.624. The first-order chi connectivity index (χ1) is 13.9. The molecule has 168 valence electrons. The maximum Gasteiger partial charge on any atom is 0.414 e. The fraction of sp³-hybridized carbons (Fsp3) is 0.636. The molecule has 1 aliphatic heterocycles. The second-order valence-electron chi connectivity index (χ2n) is 8.91. The maximum atomic E-state index is 12.8. The van der Waals surface area contributed by atoms with Gasteiger partial charge in [0, 0.05) is 39.0 Å². The van der Waals surface area contributed by atoms with E-state index in [2.05, 4.69) is 5.32 Å². The smallest absolute Gasteiger partial charge is 0.414 e. The third-order valence-corrected chi connectivity index (χ3v) is 5.04. The molecule has 0 saturated heterocycles. The van der Waals surface area contributed by atoms with Crippen molar-refractivity contribution in [3.05, 3.63) is 23.8 Å². The molecule has 30 heavy (non-hydrogen) atoms. The Morgan fingerprint density at radius 1 is 1.33 bits per heavy atom. The summed E-state index contributed by atoms with van der Waals surface area (Å²) >= 11 is 0. The summed E-state index contributed by atoms with van der Waals surface area (Å²) in [5.41, 5.74) is 7.49. The van der Waals surface area contributed by atoms with Crippen molar-refractivity contribution in [1.82, 2.24) is 5.32 Å². The summed E-state index contributed by atoms with van der Waals surface area (Å²) in [5.74, 6) is -0.0821. The van der Waals surface area contributed by atoms with Gasteiger partial charge in [-0.3, -0.25) is 9.69 Å². The van der Waals surface area contributed by atoms with Crippen molar-refractivity contribution in [2.75, 3.05) is 36.0 Å². The zero-order chi connectivity index (χ0) is 22.6. The molecule has 0 radical (unpaired) electrons. The molecular formula is C22H36N4O4. The molecule has 1 heterocycles. The van der Waals surface area contributed by atoms with Gasteiger partial charge in [-0.1, -0.05) is 6.07 Å². The highest BCUT2D eigenvalue weighted by molar-refractivity contribution is 6.02. The van der Waals surface area contributed by atoms with Crippen molar-refractivity contribution in [3.8, 4) is 0 Å². The van der Waals surface area contributed by atoms with E-state index in [0.29, 0.717) is 37.6 Å². The van der Waals surface area contributed by atoms with Gasteiger partial charge in [-0.15, -0.1) is 0 Å². The lowest BCUT2D eigenvalue weighted by atomic mass is 9.95. The monoisotopic (exact) mass is 420 g/mol. The molecule has 0 bridgehead atoms. The molecular weight excluding hydrogens is 384 g/mol. The van der Waals surface area contributed by atoms with Crippen LogP contribution in [-0.2, 0) is 9.53 Å². The van der Waals surface area contributed by atoms with Crippen LogP contribution in [0.1, 0.15) is 53.0 Å². The van der Waals surface area contributed by atoms with Crippen LogP contribution in [0.15, 0.2) is 18.2 Å². The minimum absolute atomic E-state index is 0.00857. The number of nitrogens with zero attached hydrogens (tertiary/aromatic N) is 2. The van der Waals surface area contributed by atoms with Gasteiger partial charge in [0.25, 0.3) is 0 Å². The fourth-order valence-corrected chi connectivity index (χ4v) is 3.70. The molecule has 8 heteroatoms. The van der Waals surface area contributed by atoms with Crippen molar-refractivity contribution in [2.45, 2.75) is 65.2 Å². The molecule has 0 aromatic heterocycles. The molecule has 1 unspecified atom stereocenters. The number of fused-ring (bicyclic) bond motifs is 1. The third-order valence-electron chi connectivity index (χ3n) is 5.04.